The summed E-state index contributed by atoms with van der Waals surface area (Å²) in [6.45, 7) is 2.12. The van der Waals surface area contributed by atoms with Crippen molar-refractivity contribution in [2.45, 2.75) is 57.2 Å². The molecule has 2 fully saturated rings. The van der Waals surface area contributed by atoms with Gasteiger partial charge in [-0.3, -0.25) is 9.78 Å². The van der Waals surface area contributed by atoms with Crippen LogP contribution in [0.4, 0.5) is 5.82 Å². The summed E-state index contributed by atoms with van der Waals surface area (Å²) in [5, 5.41) is 30.0. The summed E-state index contributed by atoms with van der Waals surface area (Å²) >= 11 is 0. The van der Waals surface area contributed by atoms with Gasteiger partial charge in [0.15, 0.2) is 0 Å². The molecule has 2 saturated heterocycles. The second kappa shape index (κ2) is 7.91. The predicted octanol–water partition coefficient (Wildman–Crippen LogP) is 3.41. The Balaban J connectivity index is 1.30. The first-order valence-corrected chi connectivity index (χ1v) is 11.8. The second-order valence-electron chi connectivity index (χ2n) is 9.38. The van der Waals surface area contributed by atoms with Crippen molar-refractivity contribution in [3.05, 3.63) is 36.2 Å². The van der Waals surface area contributed by atoms with Crippen molar-refractivity contribution in [3.8, 4) is 22.5 Å². The fourth-order valence-corrected chi connectivity index (χ4v) is 5.63. The highest BCUT2D eigenvalue weighted by Gasteiger charge is 2.38. The van der Waals surface area contributed by atoms with Crippen LogP contribution >= 0.6 is 0 Å². The standard InChI is InChI=1S/C24H29N9/c1-4-19-23-17(21-13-32(2)31-28-21)7-8-18(24(23)30-26-19)20-9-10-22(29-27-20)25-14-11-15-5-6-16(12-14)33(15)3/h7-10,13-16H,4-6,11-12H2,1-3H3,(H,25,29)(H,26,30). The number of H-pyrrole nitrogens is 1. The lowest BCUT2D eigenvalue weighted by atomic mass is 9.98. The maximum Gasteiger partial charge on any atom is 0.148 e. The van der Waals surface area contributed by atoms with E-state index in [1.54, 1.807) is 4.68 Å². The smallest absolute Gasteiger partial charge is 0.148 e. The summed E-state index contributed by atoms with van der Waals surface area (Å²) in [5.41, 5.74) is 5.60. The number of nitrogens with zero attached hydrogens (tertiary/aromatic N) is 7. The Labute approximate surface area is 192 Å². The van der Waals surface area contributed by atoms with Crippen LogP contribution in [0.25, 0.3) is 33.4 Å². The fourth-order valence-electron chi connectivity index (χ4n) is 5.63. The van der Waals surface area contributed by atoms with Crippen LogP contribution in [0.2, 0.25) is 0 Å². The molecule has 6 rings (SSSR count). The molecule has 9 heteroatoms. The molecule has 0 amide bonds. The van der Waals surface area contributed by atoms with Crippen LogP contribution in [0.1, 0.15) is 38.3 Å². The molecule has 0 saturated carbocycles. The molecule has 2 N–H and O–H groups in total. The second-order valence-corrected chi connectivity index (χ2v) is 9.38. The highest BCUT2D eigenvalue weighted by molar-refractivity contribution is 6.03. The number of nitrogens with one attached hydrogen (secondary N) is 2. The molecule has 2 atom stereocenters. The average Bonchev–Trinajstić information content (AvgIpc) is 3.50. The number of aromatic amines is 1. The Morgan fingerprint density at radius 2 is 1.76 bits per heavy atom. The molecule has 9 nitrogen and oxygen atoms in total. The van der Waals surface area contributed by atoms with Gasteiger partial charge in [-0.25, -0.2) is 0 Å². The first-order valence-electron chi connectivity index (χ1n) is 11.8. The number of rotatable bonds is 5. The largest absolute Gasteiger partial charge is 0.366 e. The lowest BCUT2D eigenvalue weighted by Gasteiger charge is -2.36. The Kier molecular flexibility index (Phi) is 4.86. The molecule has 2 aliphatic rings. The van der Waals surface area contributed by atoms with Crippen LogP contribution in [-0.2, 0) is 13.5 Å². The van der Waals surface area contributed by atoms with E-state index in [1.165, 1.54) is 25.7 Å². The van der Waals surface area contributed by atoms with Gasteiger partial charge in [0, 0.05) is 47.4 Å². The van der Waals surface area contributed by atoms with Gasteiger partial charge in [0.05, 0.1) is 11.9 Å². The van der Waals surface area contributed by atoms with Gasteiger partial charge in [0.25, 0.3) is 0 Å². The van der Waals surface area contributed by atoms with Crippen molar-refractivity contribution in [1.82, 2.24) is 40.3 Å². The van der Waals surface area contributed by atoms with Crippen LogP contribution in [0.15, 0.2) is 30.5 Å². The van der Waals surface area contributed by atoms with Crippen molar-refractivity contribution >= 4 is 16.7 Å². The van der Waals surface area contributed by atoms with Crippen LogP contribution in [-0.4, -0.2) is 65.5 Å². The zero-order valence-electron chi connectivity index (χ0n) is 19.3. The first kappa shape index (κ1) is 20.3. The average molecular weight is 444 g/mol. The highest BCUT2D eigenvalue weighted by Crippen LogP contribution is 2.37. The van der Waals surface area contributed by atoms with Gasteiger partial charge in [0.2, 0.25) is 0 Å². The van der Waals surface area contributed by atoms with Crippen molar-refractivity contribution in [2.75, 3.05) is 12.4 Å². The number of piperidine rings is 1. The van der Waals surface area contributed by atoms with E-state index in [9.17, 15) is 0 Å². The SMILES string of the molecule is CCc1[nH]nc2c(-c3ccc(NC4CC5CCC(C4)N5C)nn3)ccc(-c3cn(C)nn3)c12. The molecule has 0 aliphatic carbocycles. The Hall–Kier alpha value is -3.33. The van der Waals surface area contributed by atoms with E-state index < -0.39 is 0 Å². The molecule has 2 bridgehead atoms. The number of aromatic nitrogens is 7. The fraction of sp³-hybridized carbons (Fsp3) is 0.458. The summed E-state index contributed by atoms with van der Waals surface area (Å²) in [5.74, 6) is 0.844. The van der Waals surface area contributed by atoms with Crippen molar-refractivity contribution in [3.63, 3.8) is 0 Å². The quantitative estimate of drug-likeness (QED) is 0.487. The molecular weight excluding hydrogens is 414 g/mol. The number of benzene rings is 1. The van der Waals surface area contributed by atoms with Crippen LogP contribution < -0.4 is 5.32 Å². The lowest BCUT2D eigenvalue weighted by Crippen LogP contribution is -2.44. The number of hydrogen-bond donors (Lipinski definition) is 2. The zero-order valence-corrected chi connectivity index (χ0v) is 19.3. The van der Waals surface area contributed by atoms with Crippen LogP contribution in [0, 0.1) is 0 Å². The molecule has 0 radical (unpaired) electrons. The topological polar surface area (TPSA) is 100 Å². The molecule has 170 valence electrons. The minimum absolute atomic E-state index is 0.468. The van der Waals surface area contributed by atoms with Gasteiger partial charge in [-0.15, -0.1) is 15.3 Å². The maximum absolute atomic E-state index is 4.64. The molecular formula is C24H29N9. The molecule has 2 unspecified atom stereocenters. The van der Waals surface area contributed by atoms with E-state index in [-0.39, 0.29) is 0 Å². The van der Waals surface area contributed by atoms with Crippen molar-refractivity contribution in [1.29, 1.82) is 0 Å². The van der Waals surface area contributed by atoms with Crippen LogP contribution in [0.5, 0.6) is 0 Å². The number of fused-ring (bicyclic) bond motifs is 3. The Morgan fingerprint density at radius 3 is 2.42 bits per heavy atom. The van der Waals surface area contributed by atoms with Crippen molar-refractivity contribution in [2.24, 2.45) is 7.05 Å². The number of anilines is 1. The van der Waals surface area contributed by atoms with Gasteiger partial charge >= 0.3 is 0 Å². The molecule has 1 aromatic carbocycles. The Morgan fingerprint density at radius 1 is 0.970 bits per heavy atom. The third-order valence-corrected chi connectivity index (χ3v) is 7.41. The van der Waals surface area contributed by atoms with E-state index in [0.717, 1.165) is 51.4 Å². The van der Waals surface area contributed by atoms with Gasteiger partial charge in [-0.2, -0.15) is 5.10 Å². The molecule has 33 heavy (non-hydrogen) atoms. The normalized spacial score (nSPS) is 22.8. The van der Waals surface area contributed by atoms with Gasteiger partial charge in [0.1, 0.15) is 17.0 Å². The number of aryl methyl sites for hydroxylation is 2. The van der Waals surface area contributed by atoms with E-state index in [4.69, 9.17) is 0 Å². The summed E-state index contributed by atoms with van der Waals surface area (Å²) < 4.78 is 1.72. The zero-order chi connectivity index (χ0) is 22.5. The lowest BCUT2D eigenvalue weighted by molar-refractivity contribution is 0.168. The van der Waals surface area contributed by atoms with Gasteiger partial charge in [-0.05, 0) is 57.4 Å². The minimum atomic E-state index is 0.468. The molecule has 0 spiro atoms. The first-order chi connectivity index (χ1) is 16.1. The van der Waals surface area contributed by atoms with Gasteiger partial charge in [-0.1, -0.05) is 18.2 Å². The van der Waals surface area contributed by atoms with E-state index in [0.29, 0.717) is 18.1 Å². The van der Waals surface area contributed by atoms with Crippen LogP contribution in [0.3, 0.4) is 0 Å². The minimum Gasteiger partial charge on any atom is -0.366 e. The molecule has 4 aromatic rings. The third kappa shape index (κ3) is 3.47. The van der Waals surface area contributed by atoms with E-state index >= 15 is 0 Å². The predicted molar refractivity (Wildman–Crippen MR) is 128 cm³/mol. The Bertz CT molecular complexity index is 1280. The summed E-state index contributed by atoms with van der Waals surface area (Å²) in [4.78, 5) is 2.55. The number of hydrogen-bond acceptors (Lipinski definition) is 7. The molecule has 3 aromatic heterocycles. The maximum atomic E-state index is 4.64. The summed E-state index contributed by atoms with van der Waals surface area (Å²) in [6, 6.07) is 10.1. The molecule has 5 heterocycles. The van der Waals surface area contributed by atoms with Crippen molar-refractivity contribution < 1.29 is 0 Å². The summed E-state index contributed by atoms with van der Waals surface area (Å²) in [6.07, 6.45) is 7.75. The highest BCUT2D eigenvalue weighted by atomic mass is 15.4. The molecule has 2 aliphatic heterocycles. The van der Waals surface area contributed by atoms with E-state index in [1.807, 2.05) is 25.4 Å². The van der Waals surface area contributed by atoms with Gasteiger partial charge < -0.3 is 10.2 Å². The summed E-state index contributed by atoms with van der Waals surface area (Å²) in [7, 11) is 4.14. The van der Waals surface area contributed by atoms with E-state index in [2.05, 4.69) is 67.0 Å². The third-order valence-electron chi connectivity index (χ3n) is 7.41. The monoisotopic (exact) mass is 443 g/mol.